The highest BCUT2D eigenvalue weighted by Gasteiger charge is 2.24. The molecular weight excluding hydrogens is 348 g/mol. The smallest absolute Gasteiger partial charge is 0.264 e. The van der Waals surface area contributed by atoms with Crippen molar-refractivity contribution < 1.29 is 13.2 Å². The van der Waals surface area contributed by atoms with E-state index in [1.165, 1.54) is 10.4 Å². The third kappa shape index (κ3) is 4.52. The van der Waals surface area contributed by atoms with Gasteiger partial charge in [0.25, 0.3) is 15.9 Å². The molecule has 0 aromatic heterocycles. The van der Waals surface area contributed by atoms with Crippen LogP contribution in [0.15, 0.2) is 72.1 Å². The topological polar surface area (TPSA) is 66.5 Å². The summed E-state index contributed by atoms with van der Waals surface area (Å²) in [4.78, 5) is 12.4. The first-order valence-electron chi connectivity index (χ1n) is 8.49. The van der Waals surface area contributed by atoms with Crippen molar-refractivity contribution >= 4 is 21.6 Å². The van der Waals surface area contributed by atoms with Crippen LogP contribution in [-0.4, -0.2) is 26.9 Å². The van der Waals surface area contributed by atoms with E-state index >= 15 is 0 Å². The van der Waals surface area contributed by atoms with Crippen molar-refractivity contribution in [1.82, 2.24) is 5.32 Å². The van der Waals surface area contributed by atoms with E-state index in [-0.39, 0.29) is 23.4 Å². The molecule has 26 heavy (non-hydrogen) atoms. The predicted molar refractivity (Wildman–Crippen MR) is 105 cm³/mol. The van der Waals surface area contributed by atoms with Gasteiger partial charge in [0.2, 0.25) is 0 Å². The Bertz CT molecular complexity index is 846. The summed E-state index contributed by atoms with van der Waals surface area (Å²) in [6, 6.07) is 14.8. The Morgan fingerprint density at radius 3 is 2.31 bits per heavy atom. The fourth-order valence-corrected chi connectivity index (χ4v) is 3.82. The molecule has 0 radical (unpaired) electrons. The molecule has 2 rings (SSSR count). The summed E-state index contributed by atoms with van der Waals surface area (Å²) >= 11 is 0. The fourth-order valence-electron chi connectivity index (χ4n) is 2.37. The maximum atomic E-state index is 12.9. The minimum atomic E-state index is -3.71. The highest BCUT2D eigenvalue weighted by Crippen LogP contribution is 2.24. The van der Waals surface area contributed by atoms with Gasteiger partial charge in [-0.05, 0) is 49.7 Å². The molecule has 0 saturated carbocycles. The molecule has 2 aromatic rings. The normalized spacial score (nSPS) is 12.2. The Morgan fingerprint density at radius 2 is 1.77 bits per heavy atom. The first kappa shape index (κ1) is 19.7. The number of hydrogen-bond acceptors (Lipinski definition) is 3. The van der Waals surface area contributed by atoms with Crippen LogP contribution >= 0.6 is 0 Å². The molecule has 0 fully saturated rings. The van der Waals surface area contributed by atoms with Crippen molar-refractivity contribution in [2.24, 2.45) is 0 Å². The second kappa shape index (κ2) is 8.67. The summed E-state index contributed by atoms with van der Waals surface area (Å²) in [5, 5.41) is 2.89. The van der Waals surface area contributed by atoms with Gasteiger partial charge in [-0.2, -0.15) is 0 Å². The second-order valence-electron chi connectivity index (χ2n) is 5.97. The molecule has 0 bridgehead atoms. The zero-order chi connectivity index (χ0) is 19.2. The van der Waals surface area contributed by atoms with Crippen LogP contribution in [-0.2, 0) is 10.0 Å². The van der Waals surface area contributed by atoms with E-state index in [2.05, 4.69) is 11.9 Å². The number of carbonyl (C=O) groups is 1. The van der Waals surface area contributed by atoms with Gasteiger partial charge in [-0.25, -0.2) is 8.42 Å². The van der Waals surface area contributed by atoms with Gasteiger partial charge in [0, 0.05) is 11.6 Å². The summed E-state index contributed by atoms with van der Waals surface area (Å²) in [5.41, 5.74) is 0.971. The molecule has 0 spiro atoms. The summed E-state index contributed by atoms with van der Waals surface area (Å²) < 4.78 is 27.1. The SMILES string of the molecule is C=CCN(c1ccc(C(=O)N[C@@H](C)CC)cc1)S(=O)(=O)c1ccccc1. The van der Waals surface area contributed by atoms with Crippen molar-refractivity contribution in [3.8, 4) is 0 Å². The molecule has 1 atom stereocenters. The van der Waals surface area contributed by atoms with Crippen molar-refractivity contribution in [2.75, 3.05) is 10.8 Å². The number of hydrogen-bond donors (Lipinski definition) is 1. The Labute approximate surface area is 155 Å². The molecule has 1 amide bonds. The number of rotatable bonds is 8. The van der Waals surface area contributed by atoms with Crippen LogP contribution < -0.4 is 9.62 Å². The quantitative estimate of drug-likeness (QED) is 0.720. The third-order valence-corrected chi connectivity index (χ3v) is 5.84. The number of anilines is 1. The van der Waals surface area contributed by atoms with Crippen LogP contribution in [0.2, 0.25) is 0 Å². The summed E-state index contributed by atoms with van der Waals surface area (Å²) in [6.07, 6.45) is 2.37. The summed E-state index contributed by atoms with van der Waals surface area (Å²) in [5.74, 6) is -0.174. The Kier molecular flexibility index (Phi) is 6.58. The standard InChI is InChI=1S/C20H24N2O3S/c1-4-15-22(26(24,25)19-9-7-6-8-10-19)18-13-11-17(12-14-18)20(23)21-16(3)5-2/h4,6-14,16H,1,5,15H2,2-3H3,(H,21,23)/t16-/m0/s1. The fraction of sp³-hybridized carbons (Fsp3) is 0.250. The number of sulfonamides is 1. The number of nitrogens with zero attached hydrogens (tertiary/aromatic N) is 1. The maximum Gasteiger partial charge on any atom is 0.264 e. The van der Waals surface area contributed by atoms with E-state index in [9.17, 15) is 13.2 Å². The third-order valence-electron chi connectivity index (χ3n) is 4.03. The van der Waals surface area contributed by atoms with Crippen LogP contribution in [0.5, 0.6) is 0 Å². The van der Waals surface area contributed by atoms with E-state index in [0.29, 0.717) is 11.3 Å². The Morgan fingerprint density at radius 1 is 1.15 bits per heavy atom. The molecular formula is C20H24N2O3S. The molecule has 0 unspecified atom stereocenters. The number of amides is 1. The van der Waals surface area contributed by atoms with Gasteiger partial charge in [-0.3, -0.25) is 9.10 Å². The number of benzene rings is 2. The molecule has 0 aliphatic heterocycles. The van der Waals surface area contributed by atoms with Gasteiger partial charge in [-0.1, -0.05) is 31.2 Å². The molecule has 0 heterocycles. The van der Waals surface area contributed by atoms with E-state index in [4.69, 9.17) is 0 Å². The van der Waals surface area contributed by atoms with Crippen molar-refractivity contribution in [3.63, 3.8) is 0 Å². The van der Waals surface area contributed by atoms with Crippen LogP contribution in [0.4, 0.5) is 5.69 Å². The lowest BCUT2D eigenvalue weighted by atomic mass is 10.1. The minimum absolute atomic E-state index is 0.0814. The summed E-state index contributed by atoms with van der Waals surface area (Å²) in [6.45, 7) is 7.72. The zero-order valence-corrected chi connectivity index (χ0v) is 15.9. The lowest BCUT2D eigenvalue weighted by Gasteiger charge is -2.23. The van der Waals surface area contributed by atoms with Gasteiger partial charge >= 0.3 is 0 Å². The highest BCUT2D eigenvalue weighted by atomic mass is 32.2. The summed E-state index contributed by atoms with van der Waals surface area (Å²) in [7, 11) is -3.71. The lowest BCUT2D eigenvalue weighted by Crippen LogP contribution is -2.32. The van der Waals surface area contributed by atoms with Crippen molar-refractivity contribution in [1.29, 1.82) is 0 Å². The molecule has 5 nitrogen and oxygen atoms in total. The molecule has 1 N–H and O–H groups in total. The van der Waals surface area contributed by atoms with Gasteiger partial charge in [0.15, 0.2) is 0 Å². The van der Waals surface area contributed by atoms with E-state index in [1.807, 2.05) is 13.8 Å². The first-order chi connectivity index (χ1) is 12.4. The lowest BCUT2D eigenvalue weighted by molar-refractivity contribution is 0.0939. The average molecular weight is 372 g/mol. The Balaban J connectivity index is 2.31. The molecule has 0 aliphatic carbocycles. The molecule has 0 saturated heterocycles. The van der Waals surface area contributed by atoms with Gasteiger partial charge in [0.05, 0.1) is 17.1 Å². The van der Waals surface area contributed by atoms with Gasteiger partial charge < -0.3 is 5.32 Å². The molecule has 138 valence electrons. The van der Waals surface area contributed by atoms with Crippen LogP contribution in [0.25, 0.3) is 0 Å². The van der Waals surface area contributed by atoms with Gasteiger partial charge in [-0.15, -0.1) is 6.58 Å². The maximum absolute atomic E-state index is 12.9. The average Bonchev–Trinajstić information content (AvgIpc) is 2.66. The largest absolute Gasteiger partial charge is 0.350 e. The second-order valence-corrected chi connectivity index (χ2v) is 7.83. The number of nitrogens with one attached hydrogen (secondary N) is 1. The number of carbonyl (C=O) groups excluding carboxylic acids is 1. The van der Waals surface area contributed by atoms with Crippen molar-refractivity contribution in [3.05, 3.63) is 72.8 Å². The molecule has 6 heteroatoms. The van der Waals surface area contributed by atoms with E-state index in [1.54, 1.807) is 54.6 Å². The van der Waals surface area contributed by atoms with E-state index in [0.717, 1.165) is 6.42 Å². The highest BCUT2D eigenvalue weighted by molar-refractivity contribution is 7.92. The minimum Gasteiger partial charge on any atom is -0.350 e. The predicted octanol–water partition coefficient (Wildman–Crippen LogP) is 3.60. The van der Waals surface area contributed by atoms with Gasteiger partial charge in [0.1, 0.15) is 0 Å². The molecule has 2 aromatic carbocycles. The monoisotopic (exact) mass is 372 g/mol. The van der Waals surface area contributed by atoms with Crippen LogP contribution in [0.1, 0.15) is 30.6 Å². The zero-order valence-electron chi connectivity index (χ0n) is 15.1. The molecule has 0 aliphatic rings. The van der Waals surface area contributed by atoms with E-state index < -0.39 is 10.0 Å². The van der Waals surface area contributed by atoms with Crippen LogP contribution in [0, 0.1) is 0 Å². The van der Waals surface area contributed by atoms with Crippen molar-refractivity contribution in [2.45, 2.75) is 31.2 Å². The van der Waals surface area contributed by atoms with Crippen LogP contribution in [0.3, 0.4) is 0 Å². The Hall–Kier alpha value is -2.60. The first-order valence-corrected chi connectivity index (χ1v) is 9.93.